The number of nitriles is 1. The molecule has 0 aliphatic rings. The van der Waals surface area contributed by atoms with E-state index in [1.165, 1.54) is 11.3 Å². The van der Waals surface area contributed by atoms with Crippen LogP contribution >= 0.6 is 11.3 Å². The van der Waals surface area contributed by atoms with Crippen molar-refractivity contribution in [3.63, 3.8) is 0 Å². The number of ether oxygens (including phenoxy) is 1. The minimum absolute atomic E-state index is 0.145. The summed E-state index contributed by atoms with van der Waals surface area (Å²) in [7, 11) is 0. The van der Waals surface area contributed by atoms with Crippen molar-refractivity contribution in [1.29, 1.82) is 5.26 Å². The molecule has 0 saturated heterocycles. The van der Waals surface area contributed by atoms with Crippen LogP contribution in [-0.2, 0) is 4.79 Å². The number of amides is 1. The van der Waals surface area contributed by atoms with E-state index in [0.717, 1.165) is 27.3 Å². The maximum atomic E-state index is 12.0. The number of hydrogen-bond acceptors (Lipinski definition) is 4. The number of carbonyl (C=O) groups is 1. The fraction of sp³-hybridized carbons (Fsp3) is 0.333. The molecule has 1 amide bonds. The summed E-state index contributed by atoms with van der Waals surface area (Å²) in [5.41, 5.74) is 3.73. The van der Waals surface area contributed by atoms with Crippen molar-refractivity contribution in [2.24, 2.45) is 0 Å². The van der Waals surface area contributed by atoms with Crippen LogP contribution in [0.1, 0.15) is 33.6 Å². The zero-order valence-electron chi connectivity index (χ0n) is 13.8. The van der Waals surface area contributed by atoms with Gasteiger partial charge in [0, 0.05) is 4.88 Å². The van der Waals surface area contributed by atoms with Crippen molar-refractivity contribution in [3.8, 4) is 11.8 Å². The van der Waals surface area contributed by atoms with E-state index < -0.39 is 0 Å². The Morgan fingerprint density at radius 3 is 2.70 bits per heavy atom. The predicted octanol–water partition coefficient (Wildman–Crippen LogP) is 4.26. The first-order valence-corrected chi connectivity index (χ1v) is 8.24. The molecule has 0 saturated carbocycles. The number of benzene rings is 1. The molecule has 1 aromatic carbocycles. The van der Waals surface area contributed by atoms with Crippen LogP contribution in [0.25, 0.3) is 0 Å². The van der Waals surface area contributed by atoms with Gasteiger partial charge in [-0.15, -0.1) is 11.3 Å². The second kappa shape index (κ2) is 7.30. The molecule has 0 radical (unpaired) electrons. The van der Waals surface area contributed by atoms with E-state index in [0.29, 0.717) is 17.2 Å². The molecule has 4 nitrogen and oxygen atoms in total. The Morgan fingerprint density at radius 2 is 2.00 bits per heavy atom. The van der Waals surface area contributed by atoms with Crippen molar-refractivity contribution < 1.29 is 9.53 Å². The molecule has 0 atom stereocenters. The molecule has 5 heteroatoms. The van der Waals surface area contributed by atoms with Crippen molar-refractivity contribution in [2.45, 2.75) is 34.1 Å². The fourth-order valence-corrected chi connectivity index (χ4v) is 3.20. The van der Waals surface area contributed by atoms with Gasteiger partial charge in [0.05, 0.1) is 18.6 Å². The Bertz CT molecular complexity index is 772. The normalized spacial score (nSPS) is 10.2. The van der Waals surface area contributed by atoms with Crippen LogP contribution in [0.4, 0.5) is 5.00 Å². The topological polar surface area (TPSA) is 62.1 Å². The van der Waals surface area contributed by atoms with Crippen molar-refractivity contribution >= 4 is 22.2 Å². The van der Waals surface area contributed by atoms with Gasteiger partial charge in [-0.3, -0.25) is 4.79 Å². The lowest BCUT2D eigenvalue weighted by Gasteiger charge is -2.10. The Balaban J connectivity index is 1.92. The molecule has 0 aliphatic carbocycles. The lowest BCUT2D eigenvalue weighted by Crippen LogP contribution is -2.15. The molecule has 0 bridgehead atoms. The summed E-state index contributed by atoms with van der Waals surface area (Å²) < 4.78 is 5.69. The van der Waals surface area contributed by atoms with Crippen LogP contribution in [0.5, 0.6) is 5.75 Å². The van der Waals surface area contributed by atoms with Crippen molar-refractivity contribution in [3.05, 3.63) is 45.3 Å². The molecule has 0 unspecified atom stereocenters. The molecule has 23 heavy (non-hydrogen) atoms. The molecule has 1 N–H and O–H groups in total. The highest BCUT2D eigenvalue weighted by atomic mass is 32.1. The quantitative estimate of drug-likeness (QED) is 0.892. The number of aryl methyl sites for hydroxylation is 2. The average molecular weight is 328 g/mol. The van der Waals surface area contributed by atoms with Crippen LogP contribution in [0, 0.1) is 39.0 Å². The average Bonchev–Trinajstić information content (AvgIpc) is 2.77. The number of thiophene rings is 1. The number of anilines is 1. The number of rotatable bonds is 5. The summed E-state index contributed by atoms with van der Waals surface area (Å²) in [5.74, 6) is 0.659. The maximum Gasteiger partial charge on any atom is 0.228 e. The van der Waals surface area contributed by atoms with Crippen molar-refractivity contribution in [1.82, 2.24) is 0 Å². The van der Waals surface area contributed by atoms with Gasteiger partial charge in [-0.2, -0.15) is 5.26 Å². The Morgan fingerprint density at radius 1 is 1.26 bits per heavy atom. The highest BCUT2D eigenvalue weighted by Gasteiger charge is 2.14. The highest BCUT2D eigenvalue weighted by Crippen LogP contribution is 2.31. The lowest BCUT2D eigenvalue weighted by atomic mass is 10.1. The molecular weight excluding hydrogens is 308 g/mol. The summed E-state index contributed by atoms with van der Waals surface area (Å²) in [6.45, 7) is 8.17. The largest absolute Gasteiger partial charge is 0.493 e. The molecule has 1 heterocycles. The first kappa shape index (κ1) is 17.0. The standard InChI is InChI=1S/C18H20N2O2S/c1-11-6-5-7-16(12(11)2)22-9-8-17(21)20-18-15(10-19)13(3)14(4)23-18/h5-7H,8-9H2,1-4H3,(H,20,21). The van der Waals surface area contributed by atoms with E-state index in [1.807, 2.05) is 45.9 Å². The van der Waals surface area contributed by atoms with Crippen LogP contribution in [-0.4, -0.2) is 12.5 Å². The molecule has 2 aromatic rings. The van der Waals surface area contributed by atoms with Gasteiger partial charge >= 0.3 is 0 Å². The number of carbonyl (C=O) groups excluding carboxylic acids is 1. The summed E-state index contributed by atoms with van der Waals surface area (Å²) in [4.78, 5) is 13.1. The van der Waals surface area contributed by atoms with E-state index in [9.17, 15) is 10.1 Å². The Labute approximate surface area is 140 Å². The van der Waals surface area contributed by atoms with E-state index >= 15 is 0 Å². The first-order chi connectivity index (χ1) is 10.9. The third kappa shape index (κ3) is 3.91. The molecule has 0 fully saturated rings. The zero-order chi connectivity index (χ0) is 17.0. The van der Waals surface area contributed by atoms with Gasteiger partial charge in [0.1, 0.15) is 16.8 Å². The molecule has 120 valence electrons. The summed E-state index contributed by atoms with van der Waals surface area (Å²) >= 11 is 1.43. The monoisotopic (exact) mass is 328 g/mol. The molecule has 0 spiro atoms. The number of nitrogens with one attached hydrogen (secondary N) is 1. The molecule has 0 aliphatic heterocycles. The van der Waals surface area contributed by atoms with Crippen molar-refractivity contribution in [2.75, 3.05) is 11.9 Å². The van der Waals surface area contributed by atoms with E-state index in [2.05, 4.69) is 11.4 Å². The van der Waals surface area contributed by atoms with Gasteiger partial charge in [0.2, 0.25) is 5.91 Å². The van der Waals surface area contributed by atoms with Gasteiger partial charge in [-0.05, 0) is 50.5 Å². The van der Waals surface area contributed by atoms with Crippen LogP contribution < -0.4 is 10.1 Å². The molecule has 2 rings (SSSR count). The molecular formula is C18H20N2O2S. The maximum absolute atomic E-state index is 12.0. The SMILES string of the molecule is Cc1cccc(OCCC(=O)Nc2sc(C)c(C)c2C#N)c1C. The fourth-order valence-electron chi connectivity index (χ4n) is 2.17. The number of hydrogen-bond donors (Lipinski definition) is 1. The van der Waals surface area contributed by atoms with Gasteiger partial charge in [0.15, 0.2) is 0 Å². The Hall–Kier alpha value is -2.32. The van der Waals surface area contributed by atoms with E-state index in [-0.39, 0.29) is 12.3 Å². The second-order valence-corrected chi connectivity index (χ2v) is 6.67. The minimum atomic E-state index is -0.145. The van der Waals surface area contributed by atoms with Gasteiger partial charge in [-0.1, -0.05) is 12.1 Å². The summed E-state index contributed by atoms with van der Waals surface area (Å²) in [5, 5.41) is 12.6. The van der Waals surface area contributed by atoms with Crippen LogP contribution in [0.15, 0.2) is 18.2 Å². The first-order valence-electron chi connectivity index (χ1n) is 7.43. The minimum Gasteiger partial charge on any atom is -0.493 e. The van der Waals surface area contributed by atoms with E-state index in [4.69, 9.17) is 4.74 Å². The van der Waals surface area contributed by atoms with Gasteiger partial charge in [-0.25, -0.2) is 0 Å². The van der Waals surface area contributed by atoms with Gasteiger partial charge in [0.25, 0.3) is 0 Å². The highest BCUT2D eigenvalue weighted by molar-refractivity contribution is 7.16. The number of nitrogens with zero attached hydrogens (tertiary/aromatic N) is 1. The van der Waals surface area contributed by atoms with Crippen LogP contribution in [0.2, 0.25) is 0 Å². The van der Waals surface area contributed by atoms with E-state index in [1.54, 1.807) is 0 Å². The molecule has 1 aromatic heterocycles. The predicted molar refractivity (Wildman–Crippen MR) is 93.2 cm³/mol. The Kier molecular flexibility index (Phi) is 5.41. The smallest absolute Gasteiger partial charge is 0.228 e. The zero-order valence-corrected chi connectivity index (χ0v) is 14.6. The second-order valence-electron chi connectivity index (χ2n) is 5.44. The third-order valence-electron chi connectivity index (χ3n) is 3.89. The summed E-state index contributed by atoms with van der Waals surface area (Å²) in [6, 6.07) is 8.02. The lowest BCUT2D eigenvalue weighted by molar-refractivity contribution is -0.116. The summed E-state index contributed by atoms with van der Waals surface area (Å²) in [6.07, 6.45) is 0.244. The third-order valence-corrected chi connectivity index (χ3v) is 5.01. The van der Waals surface area contributed by atoms with Gasteiger partial charge < -0.3 is 10.1 Å². The van der Waals surface area contributed by atoms with Crippen LogP contribution in [0.3, 0.4) is 0 Å².